The second kappa shape index (κ2) is 3.22. The Kier molecular flexibility index (Phi) is 2.49. The molecule has 0 spiro atoms. The summed E-state index contributed by atoms with van der Waals surface area (Å²) in [7, 11) is 0. The summed E-state index contributed by atoms with van der Waals surface area (Å²) in [5.74, 6) is 0.147. The molecule has 0 bridgehead atoms. The van der Waals surface area contributed by atoms with Crippen LogP contribution in [0, 0.1) is 5.41 Å². The molecule has 1 fully saturated rings. The Hall–Kier alpha value is -0.570. The van der Waals surface area contributed by atoms with Gasteiger partial charge < -0.3 is 11.1 Å². The highest BCUT2D eigenvalue weighted by atomic mass is 16.2. The minimum Gasteiger partial charge on any atom is -0.356 e. The van der Waals surface area contributed by atoms with Gasteiger partial charge in [0.1, 0.15) is 0 Å². The van der Waals surface area contributed by atoms with E-state index in [-0.39, 0.29) is 11.3 Å². The van der Waals surface area contributed by atoms with Gasteiger partial charge in [-0.15, -0.1) is 0 Å². The van der Waals surface area contributed by atoms with Crippen LogP contribution in [0.4, 0.5) is 0 Å². The summed E-state index contributed by atoms with van der Waals surface area (Å²) in [5, 5.41) is 2.82. The maximum Gasteiger partial charge on any atom is 0.227 e. The molecule has 0 aliphatic heterocycles. The summed E-state index contributed by atoms with van der Waals surface area (Å²) in [6.07, 6.45) is 3.08. The Morgan fingerprint density at radius 2 is 2.27 bits per heavy atom. The van der Waals surface area contributed by atoms with Crippen LogP contribution in [-0.4, -0.2) is 19.0 Å². The molecule has 1 aliphatic rings. The van der Waals surface area contributed by atoms with Gasteiger partial charge in [-0.2, -0.15) is 0 Å². The standard InChI is InChI=1S/C8H16N2O/c1-2-10-7(11)8(6-9)4-3-5-8/h2-6,9H2,1H3,(H,10,11). The van der Waals surface area contributed by atoms with E-state index in [4.69, 9.17) is 5.73 Å². The first kappa shape index (κ1) is 8.53. The predicted molar refractivity (Wildman–Crippen MR) is 44.0 cm³/mol. The van der Waals surface area contributed by atoms with Crippen molar-refractivity contribution in [2.45, 2.75) is 26.2 Å². The third-order valence-electron chi connectivity index (χ3n) is 2.52. The summed E-state index contributed by atoms with van der Waals surface area (Å²) in [4.78, 5) is 11.4. The van der Waals surface area contributed by atoms with E-state index in [1.807, 2.05) is 6.92 Å². The highest BCUT2D eigenvalue weighted by Crippen LogP contribution is 2.39. The fourth-order valence-electron chi connectivity index (χ4n) is 1.48. The SMILES string of the molecule is CCNC(=O)C1(CN)CCC1. The van der Waals surface area contributed by atoms with Crippen LogP contribution in [0.25, 0.3) is 0 Å². The summed E-state index contributed by atoms with van der Waals surface area (Å²) >= 11 is 0. The van der Waals surface area contributed by atoms with Crippen molar-refractivity contribution in [2.75, 3.05) is 13.1 Å². The van der Waals surface area contributed by atoms with Crippen LogP contribution in [0.15, 0.2) is 0 Å². The van der Waals surface area contributed by atoms with E-state index < -0.39 is 0 Å². The van der Waals surface area contributed by atoms with Gasteiger partial charge in [0.2, 0.25) is 5.91 Å². The Morgan fingerprint density at radius 3 is 2.55 bits per heavy atom. The van der Waals surface area contributed by atoms with Crippen LogP contribution in [0.3, 0.4) is 0 Å². The lowest BCUT2D eigenvalue weighted by Gasteiger charge is -2.38. The molecule has 1 amide bonds. The van der Waals surface area contributed by atoms with E-state index in [1.165, 1.54) is 0 Å². The largest absolute Gasteiger partial charge is 0.356 e. The van der Waals surface area contributed by atoms with Crippen LogP contribution < -0.4 is 11.1 Å². The quantitative estimate of drug-likeness (QED) is 0.615. The first-order valence-corrected chi connectivity index (χ1v) is 4.23. The molecule has 0 unspecified atom stereocenters. The number of carbonyl (C=O) groups excluding carboxylic acids is 1. The van der Waals surface area contributed by atoms with Crippen LogP contribution in [0.2, 0.25) is 0 Å². The Labute approximate surface area is 67.3 Å². The van der Waals surface area contributed by atoms with Gasteiger partial charge in [-0.3, -0.25) is 4.79 Å². The molecule has 3 nitrogen and oxygen atoms in total. The molecular formula is C8H16N2O. The third kappa shape index (κ3) is 1.38. The minimum atomic E-state index is -0.198. The minimum absolute atomic E-state index is 0.147. The van der Waals surface area contributed by atoms with Gasteiger partial charge in [0.05, 0.1) is 5.41 Å². The van der Waals surface area contributed by atoms with Gasteiger partial charge in [-0.05, 0) is 19.8 Å². The number of carbonyl (C=O) groups is 1. The van der Waals surface area contributed by atoms with Crippen LogP contribution in [0.1, 0.15) is 26.2 Å². The van der Waals surface area contributed by atoms with Crippen molar-refractivity contribution >= 4 is 5.91 Å². The lowest BCUT2D eigenvalue weighted by molar-refractivity contribution is -0.135. The zero-order valence-corrected chi connectivity index (χ0v) is 7.02. The van der Waals surface area contributed by atoms with Crippen LogP contribution in [-0.2, 0) is 4.79 Å². The van der Waals surface area contributed by atoms with Gasteiger partial charge in [0.15, 0.2) is 0 Å². The topological polar surface area (TPSA) is 55.1 Å². The number of amides is 1. The Morgan fingerprint density at radius 1 is 1.64 bits per heavy atom. The van der Waals surface area contributed by atoms with E-state index in [0.29, 0.717) is 13.1 Å². The number of hydrogen-bond acceptors (Lipinski definition) is 2. The highest BCUT2D eigenvalue weighted by Gasteiger charge is 2.42. The van der Waals surface area contributed by atoms with E-state index in [2.05, 4.69) is 5.32 Å². The fourth-order valence-corrected chi connectivity index (χ4v) is 1.48. The van der Waals surface area contributed by atoms with Crippen LogP contribution in [0.5, 0.6) is 0 Å². The molecule has 0 aromatic carbocycles. The molecule has 1 aliphatic carbocycles. The van der Waals surface area contributed by atoms with E-state index in [0.717, 1.165) is 19.3 Å². The normalized spacial score (nSPS) is 20.5. The first-order chi connectivity index (χ1) is 5.25. The smallest absolute Gasteiger partial charge is 0.227 e. The highest BCUT2D eigenvalue weighted by molar-refractivity contribution is 5.83. The number of hydrogen-bond donors (Lipinski definition) is 2. The number of nitrogens with two attached hydrogens (primary N) is 1. The molecule has 0 saturated heterocycles. The maximum absolute atomic E-state index is 11.4. The van der Waals surface area contributed by atoms with Gasteiger partial charge >= 0.3 is 0 Å². The number of nitrogens with one attached hydrogen (secondary N) is 1. The van der Waals surface area contributed by atoms with Gasteiger partial charge in [0, 0.05) is 13.1 Å². The van der Waals surface area contributed by atoms with Crippen molar-refractivity contribution in [1.29, 1.82) is 0 Å². The Balaban J connectivity index is 2.47. The second-order valence-electron chi connectivity index (χ2n) is 3.20. The summed E-state index contributed by atoms with van der Waals surface area (Å²) in [6, 6.07) is 0. The van der Waals surface area contributed by atoms with Crippen molar-refractivity contribution < 1.29 is 4.79 Å². The molecule has 0 aromatic heterocycles. The molecule has 3 N–H and O–H groups in total. The van der Waals surface area contributed by atoms with Gasteiger partial charge in [0.25, 0.3) is 0 Å². The fraction of sp³-hybridized carbons (Fsp3) is 0.875. The van der Waals surface area contributed by atoms with Gasteiger partial charge in [-0.1, -0.05) is 6.42 Å². The predicted octanol–water partition coefficient (Wildman–Crippen LogP) is 0.251. The Bertz CT molecular complexity index is 147. The average molecular weight is 156 g/mol. The number of rotatable bonds is 3. The molecule has 1 saturated carbocycles. The first-order valence-electron chi connectivity index (χ1n) is 4.23. The van der Waals surface area contributed by atoms with Crippen molar-refractivity contribution in [3.05, 3.63) is 0 Å². The summed E-state index contributed by atoms with van der Waals surface area (Å²) < 4.78 is 0. The van der Waals surface area contributed by atoms with Crippen molar-refractivity contribution in [2.24, 2.45) is 11.1 Å². The van der Waals surface area contributed by atoms with E-state index in [1.54, 1.807) is 0 Å². The van der Waals surface area contributed by atoms with E-state index in [9.17, 15) is 4.79 Å². The molecule has 0 radical (unpaired) electrons. The van der Waals surface area contributed by atoms with Crippen LogP contribution >= 0.6 is 0 Å². The van der Waals surface area contributed by atoms with E-state index >= 15 is 0 Å². The van der Waals surface area contributed by atoms with Crippen molar-refractivity contribution in [3.8, 4) is 0 Å². The molecular weight excluding hydrogens is 140 g/mol. The van der Waals surface area contributed by atoms with Crippen molar-refractivity contribution in [3.63, 3.8) is 0 Å². The summed E-state index contributed by atoms with van der Waals surface area (Å²) in [6.45, 7) is 3.14. The molecule has 3 heteroatoms. The second-order valence-corrected chi connectivity index (χ2v) is 3.20. The lowest BCUT2D eigenvalue weighted by Crippen LogP contribution is -2.50. The lowest BCUT2D eigenvalue weighted by atomic mass is 9.68. The van der Waals surface area contributed by atoms with Crippen molar-refractivity contribution in [1.82, 2.24) is 5.32 Å². The molecule has 0 atom stereocenters. The third-order valence-corrected chi connectivity index (χ3v) is 2.52. The zero-order valence-electron chi connectivity index (χ0n) is 7.02. The molecule has 1 rings (SSSR count). The average Bonchev–Trinajstić information content (AvgIpc) is 1.87. The summed E-state index contributed by atoms with van der Waals surface area (Å²) in [5.41, 5.74) is 5.34. The molecule has 0 heterocycles. The zero-order chi connectivity index (χ0) is 8.32. The van der Waals surface area contributed by atoms with Gasteiger partial charge in [-0.25, -0.2) is 0 Å². The molecule has 64 valence electrons. The maximum atomic E-state index is 11.4. The monoisotopic (exact) mass is 156 g/mol. The molecule has 0 aromatic rings. The molecule has 11 heavy (non-hydrogen) atoms.